The van der Waals surface area contributed by atoms with Gasteiger partial charge in [-0.15, -0.1) is 0 Å². The lowest BCUT2D eigenvalue weighted by atomic mass is 9.63. The summed E-state index contributed by atoms with van der Waals surface area (Å²) in [4.78, 5) is 15.9. The minimum atomic E-state index is -3.83. The maximum Gasteiger partial charge on any atom is 0.207 e. The van der Waals surface area contributed by atoms with Gasteiger partial charge in [0.05, 0.1) is 15.2 Å². The van der Waals surface area contributed by atoms with Gasteiger partial charge in [0, 0.05) is 27.5 Å². The van der Waals surface area contributed by atoms with E-state index >= 15 is 0 Å². The largest absolute Gasteiger partial charge is 0.456 e. The fraction of sp³-hybridized carbons (Fsp3) is 0.0217. The van der Waals surface area contributed by atoms with Crippen molar-refractivity contribution in [3.8, 4) is 34.2 Å². The molecular weight excluding hydrogens is 675 g/mol. The maximum absolute atomic E-state index is 14.3. The van der Waals surface area contributed by atoms with Crippen molar-refractivity contribution in [1.82, 2.24) is 15.0 Å². The standard InChI is InChI=1S/C46H29N3O3S/c50-53(51)41-25-13-10-22-37(41)46(32-17-5-2-6-18-32,38-23-11-14-26-42(38)53)36-21-9-7-20-35(36)45-48-43(30-15-3-1-4-16-30)47-44(49-45)31-27-28-34-33-19-8-12-24-39(33)52-40(34)29-31/h1-29H. The van der Waals surface area contributed by atoms with Crippen molar-refractivity contribution in [2.45, 2.75) is 15.2 Å². The summed E-state index contributed by atoms with van der Waals surface area (Å²) >= 11 is 0. The van der Waals surface area contributed by atoms with Crippen LogP contribution in [0.4, 0.5) is 0 Å². The molecule has 9 aromatic rings. The van der Waals surface area contributed by atoms with Crippen LogP contribution in [-0.4, -0.2) is 23.4 Å². The maximum atomic E-state index is 14.3. The third-order valence-corrected chi connectivity index (χ3v) is 12.1. The Morgan fingerprint density at radius 1 is 0.434 bits per heavy atom. The van der Waals surface area contributed by atoms with Gasteiger partial charge >= 0.3 is 0 Å². The van der Waals surface area contributed by atoms with E-state index in [0.717, 1.165) is 49.8 Å². The summed E-state index contributed by atoms with van der Waals surface area (Å²) in [5.41, 5.74) is 6.03. The lowest BCUT2D eigenvalue weighted by Crippen LogP contribution is -2.38. The third kappa shape index (κ3) is 4.71. The molecule has 2 aromatic heterocycles. The van der Waals surface area contributed by atoms with Crippen LogP contribution in [0.5, 0.6) is 0 Å². The minimum Gasteiger partial charge on any atom is -0.456 e. The van der Waals surface area contributed by atoms with Crippen LogP contribution >= 0.6 is 0 Å². The van der Waals surface area contributed by atoms with Crippen molar-refractivity contribution in [3.05, 3.63) is 198 Å². The molecule has 3 heterocycles. The summed E-state index contributed by atoms with van der Waals surface area (Å²) in [7, 11) is -3.83. The zero-order valence-electron chi connectivity index (χ0n) is 28.2. The topological polar surface area (TPSA) is 86.0 Å². The Morgan fingerprint density at radius 3 is 1.68 bits per heavy atom. The van der Waals surface area contributed by atoms with E-state index < -0.39 is 15.3 Å². The molecule has 0 amide bonds. The van der Waals surface area contributed by atoms with Gasteiger partial charge < -0.3 is 4.42 Å². The number of benzene rings is 7. The van der Waals surface area contributed by atoms with E-state index in [1.807, 2.05) is 121 Å². The Balaban J connectivity index is 1.28. The van der Waals surface area contributed by atoms with Gasteiger partial charge in [-0.05, 0) is 52.6 Å². The predicted molar refractivity (Wildman–Crippen MR) is 207 cm³/mol. The quantitative estimate of drug-likeness (QED) is 0.177. The number of hydrogen-bond acceptors (Lipinski definition) is 6. The third-order valence-electron chi connectivity index (χ3n) is 10.2. The number of furan rings is 1. The molecule has 6 nitrogen and oxygen atoms in total. The number of rotatable bonds is 5. The summed E-state index contributed by atoms with van der Waals surface area (Å²) in [6.07, 6.45) is 0. The Morgan fingerprint density at radius 2 is 0.962 bits per heavy atom. The molecule has 0 N–H and O–H groups in total. The fourth-order valence-corrected chi connectivity index (χ4v) is 9.72. The molecule has 0 atom stereocenters. The summed E-state index contributed by atoms with van der Waals surface area (Å²) < 4.78 is 34.9. The van der Waals surface area contributed by atoms with E-state index in [-0.39, 0.29) is 9.79 Å². The first-order valence-corrected chi connectivity index (χ1v) is 18.8. The van der Waals surface area contributed by atoms with Crippen LogP contribution in [0.2, 0.25) is 0 Å². The van der Waals surface area contributed by atoms with Crippen molar-refractivity contribution >= 4 is 31.8 Å². The Bertz CT molecular complexity index is 2920. The van der Waals surface area contributed by atoms with Crippen molar-refractivity contribution in [3.63, 3.8) is 0 Å². The number of fused-ring (bicyclic) bond motifs is 5. The molecule has 0 saturated heterocycles. The first kappa shape index (κ1) is 31.1. The minimum absolute atomic E-state index is 0.276. The second-order valence-electron chi connectivity index (χ2n) is 13.1. The lowest BCUT2D eigenvalue weighted by molar-refractivity contribution is 0.579. The highest BCUT2D eigenvalue weighted by Gasteiger charge is 2.49. The highest BCUT2D eigenvalue weighted by molar-refractivity contribution is 7.91. The second-order valence-corrected chi connectivity index (χ2v) is 15.0. The number of aromatic nitrogens is 3. The van der Waals surface area contributed by atoms with Crippen LogP contribution in [0.15, 0.2) is 190 Å². The number of para-hydroxylation sites is 1. The molecule has 10 rings (SSSR count). The summed E-state index contributed by atoms with van der Waals surface area (Å²) in [6, 6.07) is 56.8. The number of hydrogen-bond donors (Lipinski definition) is 0. The highest BCUT2D eigenvalue weighted by Crippen LogP contribution is 2.55. The molecule has 1 aliphatic heterocycles. The fourth-order valence-electron chi connectivity index (χ4n) is 7.94. The van der Waals surface area contributed by atoms with Gasteiger partial charge in [-0.3, -0.25) is 0 Å². The van der Waals surface area contributed by atoms with Crippen molar-refractivity contribution in [1.29, 1.82) is 0 Å². The molecule has 0 saturated carbocycles. The van der Waals surface area contributed by atoms with Crippen molar-refractivity contribution < 1.29 is 12.8 Å². The molecule has 0 aliphatic carbocycles. The van der Waals surface area contributed by atoms with E-state index in [0.29, 0.717) is 28.6 Å². The predicted octanol–water partition coefficient (Wildman–Crippen LogP) is 10.3. The molecular formula is C46H29N3O3S. The van der Waals surface area contributed by atoms with Crippen LogP contribution < -0.4 is 0 Å². The van der Waals surface area contributed by atoms with E-state index in [1.54, 1.807) is 24.3 Å². The molecule has 1 aliphatic rings. The van der Waals surface area contributed by atoms with Gasteiger partial charge in [-0.2, -0.15) is 0 Å². The molecule has 7 heteroatoms. The van der Waals surface area contributed by atoms with Gasteiger partial charge in [0.15, 0.2) is 17.5 Å². The summed E-state index contributed by atoms with van der Waals surface area (Å²) in [5, 5.41) is 2.06. The number of nitrogens with zero attached hydrogens (tertiary/aromatic N) is 3. The van der Waals surface area contributed by atoms with Gasteiger partial charge in [0.25, 0.3) is 0 Å². The molecule has 0 bridgehead atoms. The second kappa shape index (κ2) is 11.9. The van der Waals surface area contributed by atoms with Crippen LogP contribution in [0.1, 0.15) is 22.3 Å². The molecule has 252 valence electrons. The van der Waals surface area contributed by atoms with Crippen LogP contribution in [0, 0.1) is 0 Å². The molecule has 0 unspecified atom stereocenters. The number of sulfone groups is 1. The Labute approximate surface area is 306 Å². The van der Waals surface area contributed by atoms with Gasteiger partial charge in [-0.1, -0.05) is 146 Å². The Kier molecular flexibility index (Phi) is 7.00. The van der Waals surface area contributed by atoms with Crippen LogP contribution in [0.3, 0.4) is 0 Å². The zero-order chi connectivity index (χ0) is 35.6. The van der Waals surface area contributed by atoms with Gasteiger partial charge in [0.2, 0.25) is 9.84 Å². The molecule has 0 fully saturated rings. The lowest BCUT2D eigenvalue weighted by Gasteiger charge is -2.42. The monoisotopic (exact) mass is 703 g/mol. The summed E-state index contributed by atoms with van der Waals surface area (Å²) in [6.45, 7) is 0. The van der Waals surface area contributed by atoms with E-state index in [4.69, 9.17) is 19.4 Å². The molecule has 0 spiro atoms. The summed E-state index contributed by atoms with van der Waals surface area (Å²) in [5.74, 6) is 1.48. The average Bonchev–Trinajstić information content (AvgIpc) is 3.60. The first-order chi connectivity index (χ1) is 26.0. The smallest absolute Gasteiger partial charge is 0.207 e. The molecule has 7 aromatic carbocycles. The van der Waals surface area contributed by atoms with Crippen LogP contribution in [-0.2, 0) is 15.3 Å². The van der Waals surface area contributed by atoms with Crippen molar-refractivity contribution in [2.75, 3.05) is 0 Å². The van der Waals surface area contributed by atoms with Crippen molar-refractivity contribution in [2.24, 2.45) is 0 Å². The van der Waals surface area contributed by atoms with E-state index in [1.165, 1.54) is 0 Å². The first-order valence-electron chi connectivity index (χ1n) is 17.4. The Hall–Kier alpha value is -6.70. The van der Waals surface area contributed by atoms with E-state index in [2.05, 4.69) is 30.3 Å². The van der Waals surface area contributed by atoms with Gasteiger partial charge in [0.1, 0.15) is 11.2 Å². The SMILES string of the molecule is O=S1(=O)c2ccccc2C(c2ccccc2)(c2ccccc2-c2nc(-c3ccccc3)nc(-c3ccc4c(c3)oc3ccccc34)n2)c2ccccc21. The normalized spacial score (nSPS) is 14.1. The van der Waals surface area contributed by atoms with Gasteiger partial charge in [-0.25, -0.2) is 23.4 Å². The molecule has 0 radical (unpaired) electrons. The molecule has 53 heavy (non-hydrogen) atoms. The van der Waals surface area contributed by atoms with E-state index in [9.17, 15) is 8.42 Å². The van der Waals surface area contributed by atoms with Crippen LogP contribution in [0.25, 0.3) is 56.1 Å². The average molecular weight is 704 g/mol. The zero-order valence-corrected chi connectivity index (χ0v) is 29.0. The highest BCUT2D eigenvalue weighted by atomic mass is 32.2.